The fraction of sp³-hybridized carbons (Fsp3) is 0.611. The summed E-state index contributed by atoms with van der Waals surface area (Å²) >= 11 is 0. The van der Waals surface area contributed by atoms with E-state index in [1.54, 1.807) is 12.1 Å². The molecule has 2 amide bonds. The first kappa shape index (κ1) is 17.8. The zero-order valence-corrected chi connectivity index (χ0v) is 15.7. The van der Waals surface area contributed by atoms with Gasteiger partial charge in [-0.1, -0.05) is 0 Å². The van der Waals surface area contributed by atoms with Crippen LogP contribution in [0.1, 0.15) is 25.7 Å². The predicted molar refractivity (Wildman–Crippen MR) is 99.5 cm³/mol. The fourth-order valence-corrected chi connectivity index (χ4v) is 4.40. The van der Waals surface area contributed by atoms with Crippen molar-refractivity contribution in [3.05, 3.63) is 24.3 Å². The van der Waals surface area contributed by atoms with Crippen LogP contribution >= 0.6 is 0 Å². The Labute approximate surface area is 154 Å². The monoisotopic (exact) mass is 378 g/mol. The Bertz CT molecular complexity index is 749. The van der Waals surface area contributed by atoms with Crippen LogP contribution in [0.4, 0.5) is 10.5 Å². The summed E-state index contributed by atoms with van der Waals surface area (Å²) in [4.78, 5) is 16.9. The molecular weight excluding hydrogens is 352 g/mol. The Balaban J connectivity index is 1.29. The fourth-order valence-electron chi connectivity index (χ4n) is 3.28. The third-order valence-corrected chi connectivity index (χ3v) is 6.78. The lowest BCUT2D eigenvalue weighted by Crippen LogP contribution is -2.50. The quantitative estimate of drug-likeness (QED) is 0.789. The highest BCUT2D eigenvalue weighted by atomic mass is 32.2. The van der Waals surface area contributed by atoms with Crippen molar-refractivity contribution in [2.45, 2.75) is 36.6 Å². The van der Waals surface area contributed by atoms with Crippen molar-refractivity contribution in [1.29, 1.82) is 0 Å². The lowest BCUT2D eigenvalue weighted by molar-refractivity contribution is 0.142. The van der Waals surface area contributed by atoms with Gasteiger partial charge in [0.25, 0.3) is 0 Å². The maximum absolute atomic E-state index is 12.4. The van der Waals surface area contributed by atoms with Gasteiger partial charge in [-0.05, 0) is 55.9 Å². The highest BCUT2D eigenvalue weighted by Gasteiger charge is 2.32. The topological polar surface area (TPSA) is 81.7 Å². The number of nitrogens with zero attached hydrogens (tertiary/aromatic N) is 2. The van der Waals surface area contributed by atoms with Crippen molar-refractivity contribution >= 4 is 21.7 Å². The Kier molecular flexibility index (Phi) is 4.90. The van der Waals surface area contributed by atoms with Gasteiger partial charge in [0.1, 0.15) is 0 Å². The lowest BCUT2D eigenvalue weighted by Gasteiger charge is -2.34. The molecule has 0 spiro atoms. The largest absolute Gasteiger partial charge is 0.322 e. The maximum atomic E-state index is 12.4. The summed E-state index contributed by atoms with van der Waals surface area (Å²) in [5.74, 6) is 0.490. The van der Waals surface area contributed by atoms with E-state index in [9.17, 15) is 13.2 Å². The Morgan fingerprint density at radius 2 is 1.65 bits per heavy atom. The van der Waals surface area contributed by atoms with Crippen molar-refractivity contribution in [3.8, 4) is 0 Å². The number of urea groups is 1. The molecule has 0 aromatic heterocycles. The van der Waals surface area contributed by atoms with E-state index < -0.39 is 10.0 Å². The standard InChI is InChI=1S/C18H26N4O3S/c23-18(22-11-9-21(10-12-22)16-5-6-16)20-15-3-7-17(8-4-15)26(24,25)19-13-14-1-2-14/h3-4,7-8,14,16,19H,1-2,5-6,9-13H2,(H,20,23). The van der Waals surface area contributed by atoms with Crippen molar-refractivity contribution < 1.29 is 13.2 Å². The molecule has 0 unspecified atom stereocenters. The minimum absolute atomic E-state index is 0.122. The molecule has 3 aliphatic rings. The van der Waals surface area contributed by atoms with Crippen LogP contribution in [0.3, 0.4) is 0 Å². The van der Waals surface area contributed by atoms with E-state index in [0.29, 0.717) is 18.2 Å². The van der Waals surface area contributed by atoms with Crippen LogP contribution in [0.15, 0.2) is 29.2 Å². The summed E-state index contributed by atoms with van der Waals surface area (Å²) in [6.07, 6.45) is 4.78. The van der Waals surface area contributed by atoms with Crippen LogP contribution in [0.5, 0.6) is 0 Å². The summed E-state index contributed by atoms with van der Waals surface area (Å²) in [6.45, 7) is 3.84. The SMILES string of the molecule is O=C(Nc1ccc(S(=O)(=O)NCC2CC2)cc1)N1CCN(C2CC2)CC1. The minimum Gasteiger partial charge on any atom is -0.322 e. The van der Waals surface area contributed by atoms with E-state index in [2.05, 4.69) is 14.9 Å². The molecule has 0 radical (unpaired) electrons. The molecule has 2 saturated carbocycles. The first-order valence-electron chi connectivity index (χ1n) is 9.41. The summed E-state index contributed by atoms with van der Waals surface area (Å²) in [5.41, 5.74) is 0.612. The van der Waals surface area contributed by atoms with Gasteiger partial charge in [0.15, 0.2) is 0 Å². The first-order valence-corrected chi connectivity index (χ1v) is 10.9. The number of anilines is 1. The van der Waals surface area contributed by atoms with Crippen LogP contribution in [-0.2, 0) is 10.0 Å². The van der Waals surface area contributed by atoms with Gasteiger partial charge in [0.05, 0.1) is 4.90 Å². The van der Waals surface area contributed by atoms with E-state index in [4.69, 9.17) is 0 Å². The molecule has 0 atom stereocenters. The number of carbonyl (C=O) groups is 1. The molecule has 2 aliphatic carbocycles. The van der Waals surface area contributed by atoms with Crippen LogP contribution in [0.2, 0.25) is 0 Å². The summed E-state index contributed by atoms with van der Waals surface area (Å²) in [6, 6.07) is 6.98. The average molecular weight is 378 g/mol. The van der Waals surface area contributed by atoms with Crippen LogP contribution in [0.25, 0.3) is 0 Å². The summed E-state index contributed by atoms with van der Waals surface area (Å²) in [5, 5.41) is 2.86. The zero-order chi connectivity index (χ0) is 18.1. The summed E-state index contributed by atoms with van der Waals surface area (Å²) < 4.78 is 27.1. The third-order valence-electron chi connectivity index (χ3n) is 5.34. The second-order valence-electron chi connectivity index (χ2n) is 7.50. The number of rotatable bonds is 6. The predicted octanol–water partition coefficient (Wildman–Crippen LogP) is 1.69. The van der Waals surface area contributed by atoms with E-state index in [1.807, 2.05) is 4.90 Å². The van der Waals surface area contributed by atoms with Crippen LogP contribution in [-0.4, -0.2) is 63.0 Å². The Hall–Kier alpha value is -1.64. The van der Waals surface area contributed by atoms with Crippen molar-refractivity contribution in [2.75, 3.05) is 38.0 Å². The number of amides is 2. The average Bonchev–Trinajstić information content (AvgIpc) is 3.55. The molecule has 2 N–H and O–H groups in total. The van der Waals surface area contributed by atoms with Gasteiger partial charge in [-0.25, -0.2) is 17.9 Å². The number of nitrogens with one attached hydrogen (secondary N) is 2. The lowest BCUT2D eigenvalue weighted by atomic mass is 10.3. The molecule has 1 aromatic carbocycles. The van der Waals surface area contributed by atoms with E-state index in [0.717, 1.165) is 45.1 Å². The highest BCUT2D eigenvalue weighted by Crippen LogP contribution is 2.28. The minimum atomic E-state index is -3.47. The van der Waals surface area contributed by atoms with Crippen LogP contribution in [0, 0.1) is 5.92 Å². The molecule has 142 valence electrons. The van der Waals surface area contributed by atoms with Crippen molar-refractivity contribution in [2.24, 2.45) is 5.92 Å². The van der Waals surface area contributed by atoms with Gasteiger partial charge < -0.3 is 10.2 Å². The number of benzene rings is 1. The molecule has 4 rings (SSSR count). The second-order valence-corrected chi connectivity index (χ2v) is 9.27. The Morgan fingerprint density at radius 3 is 2.23 bits per heavy atom. The van der Waals surface area contributed by atoms with Gasteiger partial charge in [-0.3, -0.25) is 4.90 Å². The Morgan fingerprint density at radius 1 is 1.00 bits per heavy atom. The molecule has 1 saturated heterocycles. The van der Waals surface area contributed by atoms with Gasteiger partial charge in [-0.2, -0.15) is 0 Å². The smallest absolute Gasteiger partial charge is 0.321 e. The normalized spacial score (nSPS) is 21.6. The first-order chi connectivity index (χ1) is 12.5. The van der Waals surface area contributed by atoms with Gasteiger partial charge in [0.2, 0.25) is 10.0 Å². The van der Waals surface area contributed by atoms with Gasteiger partial charge >= 0.3 is 6.03 Å². The van der Waals surface area contributed by atoms with Gasteiger partial charge in [0, 0.05) is 44.5 Å². The zero-order valence-electron chi connectivity index (χ0n) is 14.9. The second kappa shape index (κ2) is 7.17. The van der Waals surface area contributed by atoms with Crippen molar-refractivity contribution in [3.63, 3.8) is 0 Å². The molecule has 7 nitrogen and oxygen atoms in total. The van der Waals surface area contributed by atoms with Gasteiger partial charge in [-0.15, -0.1) is 0 Å². The molecule has 1 aromatic rings. The molecule has 3 fully saturated rings. The summed E-state index contributed by atoms with van der Waals surface area (Å²) in [7, 11) is -3.47. The number of hydrogen-bond acceptors (Lipinski definition) is 4. The molecule has 8 heteroatoms. The van der Waals surface area contributed by atoms with E-state index >= 15 is 0 Å². The third kappa shape index (κ3) is 4.36. The number of sulfonamides is 1. The molecule has 0 bridgehead atoms. The van der Waals surface area contributed by atoms with Crippen molar-refractivity contribution in [1.82, 2.24) is 14.5 Å². The number of carbonyl (C=O) groups excluding carboxylic acids is 1. The molecule has 1 aliphatic heterocycles. The van der Waals surface area contributed by atoms with E-state index in [1.165, 1.54) is 25.0 Å². The van der Waals surface area contributed by atoms with E-state index in [-0.39, 0.29) is 10.9 Å². The maximum Gasteiger partial charge on any atom is 0.321 e. The van der Waals surface area contributed by atoms with Crippen LogP contribution < -0.4 is 10.0 Å². The number of piperazine rings is 1. The number of hydrogen-bond donors (Lipinski definition) is 2. The molecule has 1 heterocycles. The molecule has 26 heavy (non-hydrogen) atoms. The molecular formula is C18H26N4O3S. The highest BCUT2D eigenvalue weighted by molar-refractivity contribution is 7.89.